The highest BCUT2D eigenvalue weighted by molar-refractivity contribution is 7.89. The molecule has 3 heterocycles. The van der Waals surface area contributed by atoms with Gasteiger partial charge in [0.15, 0.2) is 0 Å². The van der Waals surface area contributed by atoms with Crippen LogP contribution in [0.5, 0.6) is 0 Å². The first-order valence-electron chi connectivity index (χ1n) is 10.4. The van der Waals surface area contributed by atoms with Gasteiger partial charge in [0.1, 0.15) is 4.90 Å². The van der Waals surface area contributed by atoms with Crippen molar-refractivity contribution in [2.45, 2.75) is 50.6 Å². The number of rotatable bonds is 4. The topological polar surface area (TPSA) is 96.3 Å². The second kappa shape index (κ2) is 8.03. The third-order valence-corrected chi connectivity index (χ3v) is 7.88. The Balaban J connectivity index is 1.33. The molecule has 0 spiro atoms. The van der Waals surface area contributed by atoms with Crippen LogP contribution in [0.3, 0.4) is 0 Å². The fraction of sp³-hybridized carbons (Fsp3) is 0.524. The average Bonchev–Trinajstić information content (AvgIpc) is 2.97. The van der Waals surface area contributed by atoms with Crippen molar-refractivity contribution >= 4 is 21.6 Å². The number of piperidine rings is 1. The summed E-state index contributed by atoms with van der Waals surface area (Å²) in [6.45, 7) is 5.31. The predicted octanol–water partition coefficient (Wildman–Crippen LogP) is 1.94. The molecule has 0 saturated carbocycles. The average molecular weight is 432 g/mol. The molecule has 9 heteroatoms. The molecule has 2 aliphatic rings. The van der Waals surface area contributed by atoms with Crippen molar-refractivity contribution in [1.29, 1.82) is 0 Å². The number of amides is 1. The maximum Gasteiger partial charge on any atom is 0.244 e. The number of carbonyl (C=O) groups excluding carboxylic acids is 1. The van der Waals surface area contributed by atoms with Crippen molar-refractivity contribution in [3.63, 3.8) is 0 Å². The Kier molecular flexibility index (Phi) is 5.59. The van der Waals surface area contributed by atoms with E-state index < -0.39 is 10.0 Å². The first kappa shape index (κ1) is 20.9. The van der Waals surface area contributed by atoms with Crippen LogP contribution >= 0.6 is 0 Å². The quantitative estimate of drug-likeness (QED) is 0.771. The number of nitrogens with one attached hydrogen (secondary N) is 2. The number of anilines is 1. The van der Waals surface area contributed by atoms with Gasteiger partial charge < -0.3 is 10.2 Å². The number of carbonyl (C=O) groups is 1. The summed E-state index contributed by atoms with van der Waals surface area (Å²) in [4.78, 5) is 14.9. The molecule has 1 aromatic heterocycles. The fourth-order valence-corrected chi connectivity index (χ4v) is 5.90. The van der Waals surface area contributed by atoms with E-state index >= 15 is 0 Å². The lowest BCUT2D eigenvalue weighted by Crippen LogP contribution is -2.52. The van der Waals surface area contributed by atoms with Gasteiger partial charge in [0.25, 0.3) is 0 Å². The van der Waals surface area contributed by atoms with E-state index in [9.17, 15) is 13.2 Å². The first-order valence-corrected chi connectivity index (χ1v) is 11.9. The van der Waals surface area contributed by atoms with Gasteiger partial charge in [-0.15, -0.1) is 0 Å². The summed E-state index contributed by atoms with van der Waals surface area (Å²) in [6.07, 6.45) is 2.35. The molecule has 1 saturated heterocycles. The lowest BCUT2D eigenvalue weighted by Gasteiger charge is -2.39. The maximum absolute atomic E-state index is 12.7. The van der Waals surface area contributed by atoms with E-state index in [0.717, 1.165) is 29.8 Å². The van der Waals surface area contributed by atoms with Crippen molar-refractivity contribution in [1.82, 2.24) is 19.4 Å². The van der Waals surface area contributed by atoms with Crippen LogP contribution in [0.15, 0.2) is 29.2 Å². The minimum absolute atomic E-state index is 0.139. The molecule has 162 valence electrons. The number of fused-ring (bicyclic) bond motifs is 1. The molecule has 1 fully saturated rings. The van der Waals surface area contributed by atoms with Crippen LogP contribution in [0.25, 0.3) is 0 Å². The van der Waals surface area contributed by atoms with E-state index in [1.807, 2.05) is 36.5 Å². The van der Waals surface area contributed by atoms with Gasteiger partial charge in [-0.3, -0.25) is 9.48 Å². The molecule has 4 rings (SSSR count). The van der Waals surface area contributed by atoms with Crippen LogP contribution in [0.4, 0.5) is 5.69 Å². The molecule has 0 aliphatic carbocycles. The lowest BCUT2D eigenvalue weighted by atomic mass is 9.93. The smallest absolute Gasteiger partial charge is 0.244 e. The number of hydrogen-bond donors (Lipinski definition) is 2. The summed E-state index contributed by atoms with van der Waals surface area (Å²) in [7, 11) is -1.60. The van der Waals surface area contributed by atoms with Crippen LogP contribution < -0.4 is 10.0 Å². The summed E-state index contributed by atoms with van der Waals surface area (Å²) in [5.41, 5.74) is 3.88. The van der Waals surface area contributed by atoms with Gasteiger partial charge in [0, 0.05) is 32.3 Å². The van der Waals surface area contributed by atoms with Crippen LogP contribution in [-0.2, 0) is 28.3 Å². The second-order valence-electron chi connectivity index (χ2n) is 8.23. The fourth-order valence-electron chi connectivity index (χ4n) is 4.51. The SMILES string of the molecule is Cc1nn(C)c(C)c1CCC(=O)N1CCC(C2Nc3ccccc3S(=O)(=O)N2)CC1. The number of nitrogens with zero attached hydrogens (tertiary/aromatic N) is 3. The Labute approximate surface area is 177 Å². The number of sulfonamides is 1. The molecular formula is C21H29N5O3S. The van der Waals surface area contributed by atoms with Crippen LogP contribution in [0, 0.1) is 19.8 Å². The highest BCUT2D eigenvalue weighted by Gasteiger charge is 2.35. The number of aromatic nitrogens is 2. The Bertz CT molecular complexity index is 1050. The summed E-state index contributed by atoms with van der Waals surface area (Å²) in [5.74, 6) is 0.290. The highest BCUT2D eigenvalue weighted by atomic mass is 32.2. The standard InChI is InChI=1S/C21H29N5O3S/c1-14-17(15(2)25(3)23-14)8-9-20(27)26-12-10-16(11-13-26)21-22-18-6-4-5-7-19(18)30(28,29)24-21/h4-7,16,21-22,24H,8-13H2,1-3H3. The van der Waals surface area contributed by atoms with E-state index in [1.54, 1.807) is 18.2 Å². The summed E-state index contributed by atoms with van der Waals surface area (Å²) < 4.78 is 29.7. The van der Waals surface area contributed by atoms with Gasteiger partial charge in [-0.1, -0.05) is 12.1 Å². The third-order valence-electron chi connectivity index (χ3n) is 6.38. The largest absolute Gasteiger partial charge is 0.368 e. The zero-order valence-electron chi connectivity index (χ0n) is 17.7. The van der Waals surface area contributed by atoms with Crippen LogP contribution in [0.2, 0.25) is 0 Å². The van der Waals surface area contributed by atoms with Gasteiger partial charge in [-0.2, -0.15) is 9.82 Å². The minimum atomic E-state index is -3.52. The number of hydrogen-bond acceptors (Lipinski definition) is 5. The number of benzene rings is 1. The molecule has 1 atom stereocenters. The van der Waals surface area contributed by atoms with Crippen LogP contribution in [0.1, 0.15) is 36.2 Å². The third kappa shape index (κ3) is 3.96. The van der Waals surface area contributed by atoms with Crippen molar-refractivity contribution in [3.05, 3.63) is 41.2 Å². The van der Waals surface area contributed by atoms with E-state index in [1.165, 1.54) is 0 Å². The van der Waals surface area contributed by atoms with Crippen molar-refractivity contribution in [2.75, 3.05) is 18.4 Å². The zero-order valence-corrected chi connectivity index (χ0v) is 18.5. The van der Waals surface area contributed by atoms with E-state index in [4.69, 9.17) is 0 Å². The molecule has 2 aliphatic heterocycles. The monoisotopic (exact) mass is 431 g/mol. The molecule has 1 unspecified atom stereocenters. The number of likely N-dealkylation sites (tertiary alicyclic amines) is 1. The predicted molar refractivity (Wildman–Crippen MR) is 114 cm³/mol. The Hall–Kier alpha value is -2.39. The number of aryl methyl sites for hydroxylation is 2. The molecular weight excluding hydrogens is 402 g/mol. The normalized spacial score (nSPS) is 21.2. The Morgan fingerprint density at radius 3 is 2.57 bits per heavy atom. The minimum Gasteiger partial charge on any atom is -0.368 e. The van der Waals surface area contributed by atoms with Crippen molar-refractivity contribution in [2.24, 2.45) is 13.0 Å². The van der Waals surface area contributed by atoms with Gasteiger partial charge in [-0.25, -0.2) is 8.42 Å². The summed E-state index contributed by atoms with van der Waals surface area (Å²) in [5, 5.41) is 7.74. The van der Waals surface area contributed by atoms with Gasteiger partial charge in [-0.05, 0) is 56.7 Å². The Morgan fingerprint density at radius 2 is 1.90 bits per heavy atom. The lowest BCUT2D eigenvalue weighted by molar-refractivity contribution is -0.132. The summed E-state index contributed by atoms with van der Waals surface area (Å²) >= 11 is 0. The molecule has 1 aromatic carbocycles. The first-order chi connectivity index (χ1) is 14.3. The van der Waals surface area contributed by atoms with E-state index in [-0.39, 0.29) is 22.9 Å². The van der Waals surface area contributed by atoms with Crippen LogP contribution in [-0.4, -0.2) is 48.3 Å². The van der Waals surface area contributed by atoms with Gasteiger partial charge in [0.2, 0.25) is 15.9 Å². The maximum atomic E-state index is 12.7. The van der Waals surface area contributed by atoms with Crippen molar-refractivity contribution < 1.29 is 13.2 Å². The molecule has 2 N–H and O–H groups in total. The molecule has 0 bridgehead atoms. The molecule has 8 nitrogen and oxygen atoms in total. The van der Waals surface area contributed by atoms with Gasteiger partial charge >= 0.3 is 0 Å². The van der Waals surface area contributed by atoms with E-state index in [2.05, 4.69) is 15.1 Å². The molecule has 1 amide bonds. The number of para-hydroxylation sites is 1. The molecule has 2 aromatic rings. The highest BCUT2D eigenvalue weighted by Crippen LogP contribution is 2.31. The molecule has 0 radical (unpaired) electrons. The van der Waals surface area contributed by atoms with E-state index in [0.29, 0.717) is 31.6 Å². The molecule has 30 heavy (non-hydrogen) atoms. The van der Waals surface area contributed by atoms with Crippen molar-refractivity contribution in [3.8, 4) is 0 Å². The second-order valence-corrected chi connectivity index (χ2v) is 9.91. The van der Waals surface area contributed by atoms with Gasteiger partial charge in [0.05, 0.1) is 17.5 Å². The Morgan fingerprint density at radius 1 is 1.20 bits per heavy atom. The summed E-state index contributed by atoms with van der Waals surface area (Å²) in [6, 6.07) is 6.95. The zero-order chi connectivity index (χ0) is 21.5.